The predicted octanol–water partition coefficient (Wildman–Crippen LogP) is 2.88. The van der Waals surface area contributed by atoms with E-state index in [0.717, 1.165) is 41.3 Å². The molecule has 90 valence electrons. The van der Waals surface area contributed by atoms with Crippen molar-refractivity contribution in [3.05, 3.63) is 29.5 Å². The van der Waals surface area contributed by atoms with Gasteiger partial charge in [0.2, 0.25) is 0 Å². The predicted molar refractivity (Wildman–Crippen MR) is 70.9 cm³/mol. The Labute approximate surface area is 105 Å². The number of hydrogen-bond donors (Lipinski definition) is 1. The smallest absolute Gasteiger partial charge is 0.157 e. The van der Waals surface area contributed by atoms with E-state index in [9.17, 15) is 0 Å². The number of rotatable bonds is 1. The van der Waals surface area contributed by atoms with Gasteiger partial charge in [0.1, 0.15) is 0 Å². The van der Waals surface area contributed by atoms with Crippen molar-refractivity contribution in [2.24, 2.45) is 0 Å². The molecule has 2 heterocycles. The molecule has 1 fully saturated rings. The maximum Gasteiger partial charge on any atom is 0.157 e. The zero-order valence-electron chi connectivity index (χ0n) is 9.74. The van der Waals surface area contributed by atoms with Gasteiger partial charge < -0.3 is 14.6 Å². The summed E-state index contributed by atoms with van der Waals surface area (Å²) >= 11 is 6.16. The van der Waals surface area contributed by atoms with Crippen LogP contribution in [0.4, 0.5) is 5.69 Å². The van der Waals surface area contributed by atoms with Crippen molar-refractivity contribution in [1.29, 1.82) is 0 Å². The van der Waals surface area contributed by atoms with Gasteiger partial charge in [-0.1, -0.05) is 11.6 Å². The summed E-state index contributed by atoms with van der Waals surface area (Å²) in [6.45, 7) is 5.19. The van der Waals surface area contributed by atoms with E-state index in [-0.39, 0.29) is 0 Å². The average molecular weight is 251 g/mol. The number of nitrogens with zero attached hydrogens (tertiary/aromatic N) is 1. The first kappa shape index (κ1) is 10.9. The zero-order chi connectivity index (χ0) is 11.8. The largest absolute Gasteiger partial charge is 0.462 e. The van der Waals surface area contributed by atoms with E-state index in [4.69, 9.17) is 16.0 Å². The van der Waals surface area contributed by atoms with Crippen LogP contribution in [0.1, 0.15) is 6.92 Å². The number of nitrogens with one attached hydrogen (secondary N) is 1. The number of hydrogen-bond acceptors (Lipinski definition) is 3. The fraction of sp³-hybridized carbons (Fsp3) is 0.385. The Morgan fingerprint density at radius 2 is 2.35 bits per heavy atom. The molecule has 0 aliphatic carbocycles. The molecule has 4 heteroatoms. The van der Waals surface area contributed by atoms with Gasteiger partial charge in [0, 0.05) is 36.1 Å². The number of anilines is 1. The van der Waals surface area contributed by atoms with Crippen molar-refractivity contribution < 1.29 is 4.42 Å². The van der Waals surface area contributed by atoms with E-state index in [1.807, 2.05) is 18.2 Å². The van der Waals surface area contributed by atoms with Gasteiger partial charge in [-0.05, 0) is 25.1 Å². The molecule has 1 unspecified atom stereocenters. The van der Waals surface area contributed by atoms with Crippen LogP contribution in [0.15, 0.2) is 28.9 Å². The number of furan rings is 1. The van der Waals surface area contributed by atoms with Gasteiger partial charge in [0.25, 0.3) is 0 Å². The third-order valence-corrected chi connectivity index (χ3v) is 3.53. The van der Waals surface area contributed by atoms with Crippen LogP contribution in [-0.2, 0) is 0 Å². The molecular formula is C13H15ClN2O. The quantitative estimate of drug-likeness (QED) is 0.844. The molecule has 3 nitrogen and oxygen atoms in total. The van der Waals surface area contributed by atoms with E-state index in [1.54, 1.807) is 6.26 Å². The van der Waals surface area contributed by atoms with Crippen molar-refractivity contribution >= 4 is 28.3 Å². The van der Waals surface area contributed by atoms with Crippen LogP contribution in [0.3, 0.4) is 0 Å². The normalized spacial score (nSPS) is 21.1. The molecule has 2 aromatic rings. The van der Waals surface area contributed by atoms with Crippen LogP contribution in [0, 0.1) is 0 Å². The molecule has 1 aliphatic rings. The third kappa shape index (κ3) is 1.90. The SMILES string of the molecule is CC1CNCCN1c1cc(Cl)cc2ccoc12. The highest BCUT2D eigenvalue weighted by Crippen LogP contribution is 2.32. The lowest BCUT2D eigenvalue weighted by Gasteiger charge is -2.35. The molecule has 0 spiro atoms. The Morgan fingerprint density at radius 1 is 1.47 bits per heavy atom. The summed E-state index contributed by atoms with van der Waals surface area (Å²) < 4.78 is 5.58. The Morgan fingerprint density at radius 3 is 3.18 bits per heavy atom. The molecule has 1 aromatic carbocycles. The Hall–Kier alpha value is -1.19. The first-order chi connectivity index (χ1) is 8.25. The molecule has 0 saturated carbocycles. The Kier molecular flexibility index (Phi) is 2.73. The molecule has 0 amide bonds. The van der Waals surface area contributed by atoms with E-state index in [1.165, 1.54) is 0 Å². The molecule has 1 aromatic heterocycles. The molecule has 0 radical (unpaired) electrons. The van der Waals surface area contributed by atoms with Crippen LogP contribution >= 0.6 is 11.6 Å². The summed E-state index contributed by atoms with van der Waals surface area (Å²) in [4.78, 5) is 2.36. The second-order valence-electron chi connectivity index (χ2n) is 4.51. The summed E-state index contributed by atoms with van der Waals surface area (Å²) in [6.07, 6.45) is 1.72. The number of halogens is 1. The van der Waals surface area contributed by atoms with Crippen molar-refractivity contribution in [2.45, 2.75) is 13.0 Å². The van der Waals surface area contributed by atoms with Gasteiger partial charge in [0.15, 0.2) is 5.58 Å². The van der Waals surface area contributed by atoms with Crippen LogP contribution in [-0.4, -0.2) is 25.7 Å². The minimum Gasteiger partial charge on any atom is -0.462 e. The topological polar surface area (TPSA) is 28.4 Å². The first-order valence-electron chi connectivity index (χ1n) is 5.90. The van der Waals surface area contributed by atoms with Crippen LogP contribution in [0.2, 0.25) is 5.02 Å². The van der Waals surface area contributed by atoms with Gasteiger partial charge in [0.05, 0.1) is 12.0 Å². The van der Waals surface area contributed by atoms with E-state index in [0.29, 0.717) is 6.04 Å². The molecule has 17 heavy (non-hydrogen) atoms. The number of benzene rings is 1. The monoisotopic (exact) mass is 250 g/mol. The zero-order valence-corrected chi connectivity index (χ0v) is 10.5. The molecule has 3 rings (SSSR count). The minimum atomic E-state index is 0.454. The van der Waals surface area contributed by atoms with Gasteiger partial charge in [-0.3, -0.25) is 0 Å². The number of piperazine rings is 1. The van der Waals surface area contributed by atoms with Gasteiger partial charge >= 0.3 is 0 Å². The van der Waals surface area contributed by atoms with Gasteiger partial charge in [-0.2, -0.15) is 0 Å². The second-order valence-corrected chi connectivity index (χ2v) is 4.95. The van der Waals surface area contributed by atoms with Crippen molar-refractivity contribution in [1.82, 2.24) is 5.32 Å². The van der Waals surface area contributed by atoms with Crippen LogP contribution in [0.25, 0.3) is 11.0 Å². The summed E-state index contributed by atoms with van der Waals surface area (Å²) in [6, 6.07) is 6.35. The van der Waals surface area contributed by atoms with E-state index >= 15 is 0 Å². The molecule has 1 aliphatic heterocycles. The highest BCUT2D eigenvalue weighted by atomic mass is 35.5. The Bertz CT molecular complexity index is 537. The number of fused-ring (bicyclic) bond motifs is 1. The van der Waals surface area contributed by atoms with Crippen molar-refractivity contribution in [3.63, 3.8) is 0 Å². The lowest BCUT2D eigenvalue weighted by atomic mass is 10.1. The van der Waals surface area contributed by atoms with Crippen LogP contribution < -0.4 is 10.2 Å². The summed E-state index contributed by atoms with van der Waals surface area (Å²) in [5, 5.41) is 5.22. The van der Waals surface area contributed by atoms with Crippen molar-refractivity contribution in [2.75, 3.05) is 24.5 Å². The summed E-state index contributed by atoms with van der Waals surface area (Å²) in [7, 11) is 0. The minimum absolute atomic E-state index is 0.454. The van der Waals surface area contributed by atoms with Gasteiger partial charge in [-0.25, -0.2) is 0 Å². The highest BCUT2D eigenvalue weighted by Gasteiger charge is 2.21. The fourth-order valence-corrected chi connectivity index (χ4v) is 2.66. The lowest BCUT2D eigenvalue weighted by molar-refractivity contribution is 0.498. The second kappa shape index (κ2) is 4.24. The maximum absolute atomic E-state index is 6.16. The van der Waals surface area contributed by atoms with E-state index < -0.39 is 0 Å². The third-order valence-electron chi connectivity index (χ3n) is 3.31. The molecule has 1 saturated heterocycles. The first-order valence-corrected chi connectivity index (χ1v) is 6.27. The molecule has 1 atom stereocenters. The van der Waals surface area contributed by atoms with Crippen LogP contribution in [0.5, 0.6) is 0 Å². The molecule has 1 N–H and O–H groups in total. The van der Waals surface area contributed by atoms with Crippen molar-refractivity contribution in [3.8, 4) is 0 Å². The molecular weight excluding hydrogens is 236 g/mol. The Balaban J connectivity index is 2.11. The average Bonchev–Trinajstić information content (AvgIpc) is 2.76. The van der Waals surface area contributed by atoms with Gasteiger partial charge in [-0.15, -0.1) is 0 Å². The molecule has 0 bridgehead atoms. The standard InChI is InChI=1S/C13H15ClN2O/c1-9-8-15-3-4-16(9)12-7-11(14)6-10-2-5-17-13(10)12/h2,5-7,9,15H,3-4,8H2,1H3. The summed E-state index contributed by atoms with van der Waals surface area (Å²) in [5.74, 6) is 0. The van der Waals surface area contributed by atoms with E-state index in [2.05, 4.69) is 17.1 Å². The summed E-state index contributed by atoms with van der Waals surface area (Å²) in [5.41, 5.74) is 2.04. The highest BCUT2D eigenvalue weighted by molar-refractivity contribution is 6.31. The fourth-order valence-electron chi connectivity index (χ4n) is 2.44. The lowest BCUT2D eigenvalue weighted by Crippen LogP contribution is -2.50. The maximum atomic E-state index is 6.16.